The normalized spacial score (nSPS) is 8.57. The Hall–Kier alpha value is -1.12. The SMILES string of the molecule is [NH2+]=Cc1ccno1. The van der Waals surface area contributed by atoms with Crippen LogP contribution in [0.4, 0.5) is 0 Å². The van der Waals surface area contributed by atoms with Crippen LogP contribution in [0.3, 0.4) is 0 Å². The number of hydrogen-bond donors (Lipinski definition) is 1. The fraction of sp³-hybridized carbons (Fsp3) is 0. The Morgan fingerprint density at radius 1 is 1.86 bits per heavy atom. The van der Waals surface area contributed by atoms with E-state index < -0.39 is 0 Å². The summed E-state index contributed by atoms with van der Waals surface area (Å²) < 4.78 is 4.55. The molecule has 36 valence electrons. The molecule has 0 aliphatic heterocycles. The molecule has 2 N–H and O–H groups in total. The monoisotopic (exact) mass is 97.0 g/mol. The molecule has 0 bridgehead atoms. The van der Waals surface area contributed by atoms with Crippen LogP contribution in [0.2, 0.25) is 0 Å². The Balaban J connectivity index is 2.96. The smallest absolute Gasteiger partial charge is 0.222 e. The van der Waals surface area contributed by atoms with Gasteiger partial charge in [-0.3, -0.25) is 5.41 Å². The average Bonchev–Trinajstić information content (AvgIpc) is 2.14. The summed E-state index contributed by atoms with van der Waals surface area (Å²) in [5.74, 6) is 0.597. The summed E-state index contributed by atoms with van der Waals surface area (Å²) in [5, 5.41) is 8.44. The zero-order valence-electron chi connectivity index (χ0n) is 3.66. The molecule has 1 aromatic heterocycles. The summed E-state index contributed by atoms with van der Waals surface area (Å²) in [4.78, 5) is 0. The third kappa shape index (κ3) is 0.652. The summed E-state index contributed by atoms with van der Waals surface area (Å²) in [6, 6.07) is 1.68. The first kappa shape index (κ1) is 4.05. The van der Waals surface area contributed by atoms with E-state index in [2.05, 4.69) is 9.68 Å². The fourth-order valence-corrected chi connectivity index (χ4v) is 0.312. The maximum atomic E-state index is 5.04. The molecular weight excluding hydrogens is 92.1 g/mol. The maximum absolute atomic E-state index is 5.04. The van der Waals surface area contributed by atoms with Gasteiger partial charge in [0.25, 0.3) is 0 Å². The van der Waals surface area contributed by atoms with Crippen LogP contribution in [-0.4, -0.2) is 11.4 Å². The molecule has 0 radical (unpaired) electrons. The van der Waals surface area contributed by atoms with Crippen LogP contribution in [0.15, 0.2) is 16.8 Å². The lowest BCUT2D eigenvalue weighted by Crippen LogP contribution is -2.29. The van der Waals surface area contributed by atoms with E-state index in [9.17, 15) is 0 Å². The quantitative estimate of drug-likeness (QED) is 0.450. The molecule has 1 heterocycles. The Morgan fingerprint density at radius 3 is 3.00 bits per heavy atom. The topological polar surface area (TPSA) is 51.6 Å². The van der Waals surface area contributed by atoms with Gasteiger partial charge in [-0.05, 0) is 0 Å². The number of nitrogens with zero attached hydrogens (tertiary/aromatic N) is 1. The fourth-order valence-electron chi connectivity index (χ4n) is 0.312. The molecule has 1 aromatic rings. The van der Waals surface area contributed by atoms with Gasteiger partial charge in [0.1, 0.15) is 0 Å². The number of hydrogen-bond acceptors (Lipinski definition) is 2. The highest BCUT2D eigenvalue weighted by atomic mass is 16.5. The van der Waals surface area contributed by atoms with Crippen LogP contribution in [-0.2, 0) is 0 Å². The Kier molecular flexibility index (Phi) is 0.898. The van der Waals surface area contributed by atoms with Gasteiger partial charge in [-0.2, -0.15) is 0 Å². The van der Waals surface area contributed by atoms with Crippen molar-refractivity contribution < 1.29 is 9.93 Å². The van der Waals surface area contributed by atoms with Crippen LogP contribution in [0.1, 0.15) is 5.76 Å². The molecule has 3 heteroatoms. The van der Waals surface area contributed by atoms with Crippen molar-refractivity contribution >= 4 is 6.21 Å². The van der Waals surface area contributed by atoms with Crippen molar-refractivity contribution in [3.05, 3.63) is 18.0 Å². The van der Waals surface area contributed by atoms with Gasteiger partial charge in [-0.1, -0.05) is 5.16 Å². The van der Waals surface area contributed by atoms with Gasteiger partial charge in [0.2, 0.25) is 12.0 Å². The van der Waals surface area contributed by atoms with Crippen molar-refractivity contribution in [2.75, 3.05) is 0 Å². The summed E-state index contributed by atoms with van der Waals surface area (Å²) in [6.45, 7) is 0. The van der Waals surface area contributed by atoms with Crippen molar-refractivity contribution in [1.29, 1.82) is 0 Å². The zero-order valence-corrected chi connectivity index (χ0v) is 3.66. The van der Waals surface area contributed by atoms with Crippen LogP contribution in [0.25, 0.3) is 0 Å². The van der Waals surface area contributed by atoms with Crippen LogP contribution < -0.4 is 5.41 Å². The van der Waals surface area contributed by atoms with Crippen molar-refractivity contribution in [2.45, 2.75) is 0 Å². The van der Waals surface area contributed by atoms with Gasteiger partial charge < -0.3 is 4.52 Å². The first-order valence-corrected chi connectivity index (χ1v) is 1.89. The Labute approximate surface area is 40.4 Å². The molecule has 1 rings (SSSR count). The van der Waals surface area contributed by atoms with Gasteiger partial charge in [-0.25, -0.2) is 0 Å². The highest BCUT2D eigenvalue weighted by Gasteiger charge is 1.88. The van der Waals surface area contributed by atoms with Crippen molar-refractivity contribution in [3.63, 3.8) is 0 Å². The van der Waals surface area contributed by atoms with Gasteiger partial charge in [-0.15, -0.1) is 0 Å². The van der Waals surface area contributed by atoms with Crippen LogP contribution in [0.5, 0.6) is 0 Å². The number of aromatic nitrogens is 1. The van der Waals surface area contributed by atoms with Gasteiger partial charge >= 0.3 is 0 Å². The van der Waals surface area contributed by atoms with Gasteiger partial charge in [0.15, 0.2) is 0 Å². The maximum Gasteiger partial charge on any atom is 0.222 e. The Bertz CT molecular complexity index is 145. The van der Waals surface area contributed by atoms with E-state index in [1.165, 1.54) is 6.21 Å². The third-order valence-corrected chi connectivity index (χ3v) is 0.622. The minimum Gasteiger partial charge on any atom is -0.351 e. The van der Waals surface area contributed by atoms with E-state index >= 15 is 0 Å². The summed E-state index contributed by atoms with van der Waals surface area (Å²) in [7, 11) is 0. The molecule has 0 fully saturated rings. The minimum atomic E-state index is 0.597. The molecule has 0 unspecified atom stereocenters. The Morgan fingerprint density at radius 2 is 2.71 bits per heavy atom. The van der Waals surface area contributed by atoms with E-state index in [1.807, 2.05) is 0 Å². The molecule has 3 nitrogen and oxygen atoms in total. The first-order valence-electron chi connectivity index (χ1n) is 1.89. The summed E-state index contributed by atoms with van der Waals surface area (Å²) in [6.07, 6.45) is 2.89. The second-order valence-electron chi connectivity index (χ2n) is 1.08. The summed E-state index contributed by atoms with van der Waals surface area (Å²) >= 11 is 0. The van der Waals surface area contributed by atoms with E-state index in [-0.39, 0.29) is 0 Å². The van der Waals surface area contributed by atoms with Crippen LogP contribution in [0, 0.1) is 0 Å². The minimum absolute atomic E-state index is 0.597. The van der Waals surface area contributed by atoms with E-state index in [0.29, 0.717) is 5.76 Å². The predicted molar refractivity (Wildman–Crippen MR) is 23.6 cm³/mol. The molecule has 0 aliphatic rings. The highest BCUT2D eigenvalue weighted by Crippen LogP contribution is 1.86. The highest BCUT2D eigenvalue weighted by molar-refractivity contribution is 5.69. The lowest BCUT2D eigenvalue weighted by molar-refractivity contribution is -0.105. The van der Waals surface area contributed by atoms with Crippen molar-refractivity contribution in [2.24, 2.45) is 0 Å². The molecule has 0 amide bonds. The average molecular weight is 97.1 g/mol. The molecule has 7 heavy (non-hydrogen) atoms. The van der Waals surface area contributed by atoms with E-state index in [4.69, 9.17) is 5.41 Å². The molecule has 0 aliphatic carbocycles. The van der Waals surface area contributed by atoms with Gasteiger partial charge in [0, 0.05) is 6.07 Å². The van der Waals surface area contributed by atoms with Crippen LogP contribution >= 0.6 is 0 Å². The van der Waals surface area contributed by atoms with E-state index in [1.54, 1.807) is 12.3 Å². The molecule has 0 atom stereocenters. The third-order valence-electron chi connectivity index (χ3n) is 0.622. The molecule has 0 spiro atoms. The van der Waals surface area contributed by atoms with E-state index in [0.717, 1.165) is 0 Å². The van der Waals surface area contributed by atoms with Gasteiger partial charge in [0.05, 0.1) is 6.20 Å². The molecule has 0 saturated heterocycles. The first-order chi connectivity index (χ1) is 3.43. The zero-order chi connectivity index (χ0) is 5.11. The lowest BCUT2D eigenvalue weighted by Gasteiger charge is -1.64. The second-order valence-corrected chi connectivity index (χ2v) is 1.08. The summed E-state index contributed by atoms with van der Waals surface area (Å²) in [5.41, 5.74) is 0. The predicted octanol–water partition coefficient (Wildman–Crippen LogP) is -1.15. The standard InChI is InChI=1S/C4H4N2O/c5-3-4-1-2-6-7-4/h1-3,5H/p+1. The number of rotatable bonds is 1. The molecule has 0 aromatic carbocycles. The van der Waals surface area contributed by atoms with Crippen molar-refractivity contribution in [3.8, 4) is 0 Å². The number of nitrogens with two attached hydrogens (primary N) is 1. The second kappa shape index (κ2) is 1.55. The molecular formula is C4H5N2O+. The van der Waals surface area contributed by atoms with Crippen molar-refractivity contribution in [1.82, 2.24) is 5.16 Å². The largest absolute Gasteiger partial charge is 0.351 e. The molecule has 0 saturated carbocycles. The lowest BCUT2D eigenvalue weighted by atomic mass is 10.5.